The summed E-state index contributed by atoms with van der Waals surface area (Å²) in [5.41, 5.74) is 3.05. The summed E-state index contributed by atoms with van der Waals surface area (Å²) in [4.78, 5) is 10.6. The predicted molar refractivity (Wildman–Crippen MR) is 131 cm³/mol. The van der Waals surface area contributed by atoms with Gasteiger partial charge in [0, 0.05) is 23.2 Å². The van der Waals surface area contributed by atoms with E-state index in [1.807, 2.05) is 11.8 Å². The molecule has 0 heterocycles. The molecule has 0 saturated heterocycles. The second kappa shape index (κ2) is 17.8. The van der Waals surface area contributed by atoms with Crippen molar-refractivity contribution in [3.05, 3.63) is 71.9 Å². The van der Waals surface area contributed by atoms with Gasteiger partial charge in [-0.3, -0.25) is 4.79 Å². The third-order valence-corrected chi connectivity index (χ3v) is 7.47. The quantitative estimate of drug-likeness (QED) is 0.222. The Bertz CT molecular complexity index is 665. The molecule has 3 rings (SSSR count). The molecule has 2 nitrogen and oxygen atoms in total. The number of carbonyl (C=O) groups is 1. The van der Waals surface area contributed by atoms with Gasteiger partial charge in [-0.05, 0) is 44.3 Å². The van der Waals surface area contributed by atoms with E-state index in [-0.39, 0.29) is 17.1 Å². The van der Waals surface area contributed by atoms with Crippen molar-refractivity contribution in [2.75, 3.05) is 17.3 Å². The number of hydrogen-bond acceptors (Lipinski definition) is 3. The van der Waals surface area contributed by atoms with Crippen LogP contribution in [0.1, 0.15) is 51.4 Å². The molecule has 1 atom stereocenters. The first-order chi connectivity index (χ1) is 14.2. The van der Waals surface area contributed by atoms with Crippen LogP contribution < -0.4 is 0 Å². The van der Waals surface area contributed by atoms with E-state index in [0.717, 1.165) is 50.0 Å². The molecule has 0 saturated carbocycles. The van der Waals surface area contributed by atoms with Gasteiger partial charge in [-0.1, -0.05) is 78.3 Å². The van der Waals surface area contributed by atoms with E-state index < -0.39 is 5.97 Å². The number of thioether (sulfide) groups is 2. The largest absolute Gasteiger partial charge is 2.00 e. The summed E-state index contributed by atoms with van der Waals surface area (Å²) in [5.74, 6) is 2.80. The normalized spacial score (nSPS) is 16.7. The van der Waals surface area contributed by atoms with Gasteiger partial charge in [0.05, 0.1) is 0 Å². The molecule has 0 spiro atoms. The topological polar surface area (TPSA) is 37.3 Å². The molecule has 3 aliphatic carbocycles. The first kappa shape index (κ1) is 27.2. The molecule has 0 aromatic rings. The molecule has 3 aliphatic rings. The summed E-state index contributed by atoms with van der Waals surface area (Å²) >= 11 is 4.10. The molecule has 164 valence electrons. The number of hydrogen-bond donors (Lipinski definition) is 1. The zero-order valence-electron chi connectivity index (χ0n) is 17.7. The molecule has 0 amide bonds. The second-order valence-corrected chi connectivity index (χ2v) is 9.81. The summed E-state index contributed by atoms with van der Waals surface area (Å²) in [6.45, 7) is 0. The summed E-state index contributed by atoms with van der Waals surface area (Å²) in [7, 11) is 0. The van der Waals surface area contributed by atoms with Crippen molar-refractivity contribution in [2.24, 2.45) is 0 Å². The van der Waals surface area contributed by atoms with E-state index in [2.05, 4.69) is 72.5 Å². The van der Waals surface area contributed by atoms with Gasteiger partial charge in [0.1, 0.15) is 0 Å². The minimum atomic E-state index is -0.671. The maximum Gasteiger partial charge on any atom is 2.00 e. The SMILES string of the molecule is C1=CCC=C1.O=C(O)CCCCC(CCSCC1=CC=CC1)SCC1=CC=CC1.[Fe+2]. The van der Waals surface area contributed by atoms with Crippen LogP contribution in [0.3, 0.4) is 0 Å². The van der Waals surface area contributed by atoms with Gasteiger partial charge >= 0.3 is 23.0 Å². The Morgan fingerprint density at radius 2 is 1.57 bits per heavy atom. The summed E-state index contributed by atoms with van der Waals surface area (Å²) in [6, 6.07) is 0. The third-order valence-electron chi connectivity index (χ3n) is 4.89. The van der Waals surface area contributed by atoms with Crippen molar-refractivity contribution in [1.82, 2.24) is 0 Å². The molecule has 5 heteroatoms. The molecule has 0 radical (unpaired) electrons. The number of unbranched alkanes of at least 4 members (excludes halogenated alkanes) is 1. The van der Waals surface area contributed by atoms with Crippen molar-refractivity contribution in [1.29, 1.82) is 0 Å². The third kappa shape index (κ3) is 13.4. The van der Waals surface area contributed by atoms with Crippen molar-refractivity contribution >= 4 is 29.5 Å². The van der Waals surface area contributed by atoms with Crippen LogP contribution in [0, 0.1) is 0 Å². The van der Waals surface area contributed by atoms with Crippen LogP contribution in [0.2, 0.25) is 0 Å². The van der Waals surface area contributed by atoms with Crippen molar-refractivity contribution < 1.29 is 27.0 Å². The van der Waals surface area contributed by atoms with Crippen LogP contribution in [0.5, 0.6) is 0 Å². The standard InChI is InChI=1S/C20H28O2S2.C5H6.Fe/c21-20(22)12-6-5-11-19(24-16-18-9-3-4-10-18)13-14-23-15-17-7-1-2-8-17;1-2-4-5-3-1;/h1-4,7,9,19H,5-6,8,10-16H2,(H,21,22);1-4H,5H2;/q;;+2. The molecular weight excluding hydrogens is 452 g/mol. The fourth-order valence-electron chi connectivity index (χ4n) is 3.19. The van der Waals surface area contributed by atoms with Crippen LogP contribution >= 0.6 is 23.5 Å². The maximum atomic E-state index is 10.6. The van der Waals surface area contributed by atoms with E-state index in [0.29, 0.717) is 11.7 Å². The van der Waals surface area contributed by atoms with Crippen molar-refractivity contribution in [2.45, 2.75) is 56.6 Å². The molecule has 0 aromatic carbocycles. The average Bonchev–Trinajstić information content (AvgIpc) is 3.50. The number of carboxylic acid groups (broad SMARTS) is 1. The molecule has 30 heavy (non-hydrogen) atoms. The van der Waals surface area contributed by atoms with Crippen LogP contribution in [0.25, 0.3) is 0 Å². The van der Waals surface area contributed by atoms with E-state index >= 15 is 0 Å². The summed E-state index contributed by atoms with van der Waals surface area (Å²) in [6.07, 6.45) is 29.5. The van der Waals surface area contributed by atoms with Crippen molar-refractivity contribution in [3.63, 3.8) is 0 Å². The van der Waals surface area contributed by atoms with Gasteiger partial charge in [0.2, 0.25) is 0 Å². The van der Waals surface area contributed by atoms with Gasteiger partial charge in [0.15, 0.2) is 0 Å². The zero-order valence-corrected chi connectivity index (χ0v) is 20.4. The first-order valence-electron chi connectivity index (χ1n) is 10.7. The Balaban J connectivity index is 0.000000655. The molecule has 1 N–H and O–H groups in total. The Kier molecular flexibility index (Phi) is 16.1. The number of aliphatic carboxylic acids is 1. The van der Waals surface area contributed by atoms with Crippen molar-refractivity contribution in [3.8, 4) is 0 Å². The fourth-order valence-corrected chi connectivity index (χ4v) is 5.69. The van der Waals surface area contributed by atoms with Gasteiger partial charge in [-0.15, -0.1) is 0 Å². The summed E-state index contributed by atoms with van der Waals surface area (Å²) in [5, 5.41) is 9.43. The van der Waals surface area contributed by atoms with E-state index in [9.17, 15) is 4.79 Å². The predicted octanol–water partition coefficient (Wildman–Crippen LogP) is 7.13. The van der Waals surface area contributed by atoms with Crippen LogP contribution in [0.4, 0.5) is 0 Å². The Morgan fingerprint density at radius 1 is 0.900 bits per heavy atom. The maximum absolute atomic E-state index is 10.6. The smallest absolute Gasteiger partial charge is 0.481 e. The summed E-state index contributed by atoms with van der Waals surface area (Å²) < 4.78 is 0. The van der Waals surface area contributed by atoms with Gasteiger partial charge in [0.25, 0.3) is 0 Å². The monoisotopic (exact) mass is 486 g/mol. The van der Waals surface area contributed by atoms with E-state index in [1.165, 1.54) is 23.3 Å². The number of allylic oxidation sites excluding steroid dienone is 10. The Morgan fingerprint density at radius 3 is 2.10 bits per heavy atom. The molecule has 0 bridgehead atoms. The number of rotatable bonds is 13. The molecule has 0 fully saturated rings. The minimum absolute atomic E-state index is 0. The first-order valence-corrected chi connectivity index (χ1v) is 12.9. The molecule has 0 aromatic heterocycles. The Hall–Kier alpha value is -0.871. The average molecular weight is 487 g/mol. The van der Waals surface area contributed by atoms with Crippen LogP contribution in [0.15, 0.2) is 71.9 Å². The van der Waals surface area contributed by atoms with Crippen LogP contribution in [-0.2, 0) is 21.9 Å². The fraction of sp³-hybridized carbons (Fsp3) is 0.480. The second-order valence-electron chi connectivity index (χ2n) is 7.42. The molecule has 1 unspecified atom stereocenters. The molecular formula is C25H34FeO2S2+2. The molecule has 0 aliphatic heterocycles. The van der Waals surface area contributed by atoms with Gasteiger partial charge in [-0.25, -0.2) is 0 Å². The van der Waals surface area contributed by atoms with E-state index in [1.54, 1.807) is 0 Å². The van der Waals surface area contributed by atoms with Gasteiger partial charge < -0.3 is 5.11 Å². The van der Waals surface area contributed by atoms with E-state index in [4.69, 9.17) is 5.11 Å². The zero-order chi connectivity index (χ0) is 20.6. The minimum Gasteiger partial charge on any atom is -0.481 e. The number of carboxylic acids is 1. The van der Waals surface area contributed by atoms with Gasteiger partial charge in [-0.2, -0.15) is 23.5 Å². The Labute approximate surface area is 201 Å². The van der Waals surface area contributed by atoms with Crippen LogP contribution in [-0.4, -0.2) is 33.6 Å².